The Morgan fingerprint density at radius 3 is 2.68 bits per heavy atom. The fraction of sp³-hybridized carbons (Fsp3) is 0.174. The Hall–Kier alpha value is -3.39. The fourth-order valence-electron chi connectivity index (χ4n) is 3.13. The standard InChI is InChI=1S/C23H22BrN5O2/c1-15(30)25-10-11-26-22-20-13-18(14-31-19-9-5-8-17(24)12-19)27-23(20)29-21(28-22)16-6-3-2-4-7-16/h2-9,12-13H,10-11,14H2,1H3,(H,25,30)(H2,26,27,28,29). The largest absolute Gasteiger partial charge is 0.487 e. The summed E-state index contributed by atoms with van der Waals surface area (Å²) in [6, 6.07) is 19.5. The minimum absolute atomic E-state index is 0.0618. The number of carbonyl (C=O) groups is 1. The van der Waals surface area contributed by atoms with Gasteiger partial charge in [0.2, 0.25) is 5.91 Å². The zero-order valence-electron chi connectivity index (χ0n) is 17.0. The van der Waals surface area contributed by atoms with Gasteiger partial charge in [0.15, 0.2) is 5.82 Å². The summed E-state index contributed by atoms with van der Waals surface area (Å²) < 4.78 is 6.87. The van der Waals surface area contributed by atoms with Crippen molar-refractivity contribution in [3.63, 3.8) is 0 Å². The van der Waals surface area contributed by atoms with Gasteiger partial charge in [-0.05, 0) is 24.3 Å². The number of rotatable bonds is 8. The SMILES string of the molecule is CC(=O)NCCNc1nc(-c2ccccc2)nc2[nH]c(COc3cccc(Br)c3)cc12. The summed E-state index contributed by atoms with van der Waals surface area (Å²) in [4.78, 5) is 23.9. The van der Waals surface area contributed by atoms with E-state index in [1.165, 1.54) is 6.92 Å². The fourth-order valence-corrected chi connectivity index (χ4v) is 3.51. The maximum absolute atomic E-state index is 11.1. The Kier molecular flexibility index (Phi) is 6.47. The summed E-state index contributed by atoms with van der Waals surface area (Å²) in [6.45, 7) is 2.93. The van der Waals surface area contributed by atoms with Crippen LogP contribution >= 0.6 is 15.9 Å². The van der Waals surface area contributed by atoms with Gasteiger partial charge in [0.25, 0.3) is 0 Å². The first-order valence-electron chi connectivity index (χ1n) is 9.90. The van der Waals surface area contributed by atoms with Crippen LogP contribution in [0.25, 0.3) is 22.4 Å². The number of ether oxygens (including phenoxy) is 1. The number of nitrogens with one attached hydrogen (secondary N) is 3. The topological polar surface area (TPSA) is 91.9 Å². The number of carbonyl (C=O) groups excluding carboxylic acids is 1. The number of aromatic amines is 1. The molecule has 3 N–H and O–H groups in total. The molecule has 0 unspecified atom stereocenters. The maximum Gasteiger partial charge on any atom is 0.216 e. The van der Waals surface area contributed by atoms with Gasteiger partial charge >= 0.3 is 0 Å². The number of hydrogen-bond acceptors (Lipinski definition) is 5. The van der Waals surface area contributed by atoms with Crippen molar-refractivity contribution in [2.45, 2.75) is 13.5 Å². The third-order valence-corrected chi connectivity index (χ3v) is 5.05. The molecule has 8 heteroatoms. The highest BCUT2D eigenvalue weighted by atomic mass is 79.9. The molecule has 0 saturated heterocycles. The summed E-state index contributed by atoms with van der Waals surface area (Å²) in [5, 5.41) is 6.97. The lowest BCUT2D eigenvalue weighted by Crippen LogP contribution is -2.26. The predicted molar refractivity (Wildman–Crippen MR) is 125 cm³/mol. The van der Waals surface area contributed by atoms with Crippen molar-refractivity contribution in [2.24, 2.45) is 0 Å². The van der Waals surface area contributed by atoms with Crippen molar-refractivity contribution >= 4 is 38.7 Å². The molecule has 0 aliphatic carbocycles. The van der Waals surface area contributed by atoms with Gasteiger partial charge in [-0.25, -0.2) is 9.97 Å². The van der Waals surface area contributed by atoms with Gasteiger partial charge in [0.1, 0.15) is 23.8 Å². The second kappa shape index (κ2) is 9.61. The average Bonchev–Trinajstić information content (AvgIpc) is 3.19. The summed E-state index contributed by atoms with van der Waals surface area (Å²) in [5.74, 6) is 2.04. The molecule has 158 valence electrons. The number of aromatic nitrogens is 3. The third kappa shape index (κ3) is 5.40. The first-order valence-corrected chi connectivity index (χ1v) is 10.7. The highest BCUT2D eigenvalue weighted by molar-refractivity contribution is 9.10. The van der Waals surface area contributed by atoms with Gasteiger partial charge in [-0.1, -0.05) is 52.3 Å². The van der Waals surface area contributed by atoms with E-state index in [9.17, 15) is 4.79 Å². The predicted octanol–water partition coefficient (Wildman–Crippen LogP) is 4.51. The molecule has 0 spiro atoms. The number of amides is 1. The van der Waals surface area contributed by atoms with Crippen LogP contribution in [-0.2, 0) is 11.4 Å². The van der Waals surface area contributed by atoms with Crippen molar-refractivity contribution in [1.82, 2.24) is 20.3 Å². The molecule has 0 fully saturated rings. The zero-order valence-corrected chi connectivity index (χ0v) is 18.6. The van der Waals surface area contributed by atoms with Crippen molar-refractivity contribution in [3.05, 3.63) is 70.8 Å². The van der Waals surface area contributed by atoms with Crippen LogP contribution in [0.15, 0.2) is 65.1 Å². The van der Waals surface area contributed by atoms with Crippen LogP contribution < -0.4 is 15.4 Å². The summed E-state index contributed by atoms with van der Waals surface area (Å²) >= 11 is 3.45. The van der Waals surface area contributed by atoms with Gasteiger partial charge in [0.05, 0.1) is 11.1 Å². The molecule has 7 nitrogen and oxygen atoms in total. The lowest BCUT2D eigenvalue weighted by molar-refractivity contribution is -0.118. The third-order valence-electron chi connectivity index (χ3n) is 4.56. The number of halogens is 1. The molecule has 4 aromatic rings. The Balaban J connectivity index is 1.61. The summed E-state index contributed by atoms with van der Waals surface area (Å²) in [5.41, 5.74) is 2.54. The van der Waals surface area contributed by atoms with E-state index in [2.05, 4.69) is 31.5 Å². The summed E-state index contributed by atoms with van der Waals surface area (Å²) in [6.07, 6.45) is 0. The molecule has 2 aromatic heterocycles. The minimum atomic E-state index is -0.0618. The molecule has 0 saturated carbocycles. The van der Waals surface area contributed by atoms with Crippen LogP contribution in [0.1, 0.15) is 12.6 Å². The maximum atomic E-state index is 11.1. The van der Waals surface area contributed by atoms with Gasteiger partial charge in [-0.15, -0.1) is 0 Å². The molecule has 2 heterocycles. The molecule has 1 amide bonds. The van der Waals surface area contributed by atoms with Gasteiger partial charge in [-0.3, -0.25) is 4.79 Å². The molecule has 31 heavy (non-hydrogen) atoms. The molecular weight excluding hydrogens is 458 g/mol. The van der Waals surface area contributed by atoms with E-state index in [1.54, 1.807) is 0 Å². The molecule has 0 atom stereocenters. The lowest BCUT2D eigenvalue weighted by atomic mass is 10.2. The molecule has 0 radical (unpaired) electrons. The van der Waals surface area contributed by atoms with E-state index in [0.717, 1.165) is 32.5 Å². The van der Waals surface area contributed by atoms with E-state index in [-0.39, 0.29) is 5.91 Å². The Morgan fingerprint density at radius 2 is 1.90 bits per heavy atom. The highest BCUT2D eigenvalue weighted by Gasteiger charge is 2.13. The molecule has 2 aromatic carbocycles. The number of anilines is 1. The van der Waals surface area contributed by atoms with Crippen LogP contribution in [0.4, 0.5) is 5.82 Å². The van der Waals surface area contributed by atoms with Crippen molar-refractivity contribution in [3.8, 4) is 17.1 Å². The number of fused-ring (bicyclic) bond motifs is 1. The zero-order chi connectivity index (χ0) is 21.6. The van der Waals surface area contributed by atoms with E-state index in [1.807, 2.05) is 60.7 Å². The first kappa shape index (κ1) is 20.9. The van der Waals surface area contributed by atoms with Gasteiger partial charge in [-0.2, -0.15) is 0 Å². The van der Waals surface area contributed by atoms with Crippen LogP contribution in [0.5, 0.6) is 5.75 Å². The number of nitrogens with zero attached hydrogens (tertiary/aromatic N) is 2. The Labute approximate surface area is 188 Å². The Morgan fingerprint density at radius 1 is 1.06 bits per heavy atom. The monoisotopic (exact) mass is 479 g/mol. The number of hydrogen-bond donors (Lipinski definition) is 3. The minimum Gasteiger partial charge on any atom is -0.487 e. The first-order chi connectivity index (χ1) is 15.1. The molecular formula is C23H22BrN5O2. The molecule has 0 aliphatic heterocycles. The normalized spacial score (nSPS) is 10.8. The van der Waals surface area contributed by atoms with Gasteiger partial charge in [0, 0.05) is 30.0 Å². The van der Waals surface area contributed by atoms with Crippen molar-refractivity contribution < 1.29 is 9.53 Å². The molecule has 4 rings (SSSR count). The van der Waals surface area contributed by atoms with E-state index in [0.29, 0.717) is 31.3 Å². The smallest absolute Gasteiger partial charge is 0.216 e. The van der Waals surface area contributed by atoms with Gasteiger partial charge < -0.3 is 20.4 Å². The van der Waals surface area contributed by atoms with Crippen molar-refractivity contribution in [2.75, 3.05) is 18.4 Å². The number of benzene rings is 2. The van der Waals surface area contributed by atoms with Crippen LogP contribution in [0, 0.1) is 0 Å². The molecule has 0 bridgehead atoms. The highest BCUT2D eigenvalue weighted by Crippen LogP contribution is 2.26. The average molecular weight is 480 g/mol. The van der Waals surface area contributed by atoms with Crippen molar-refractivity contribution in [1.29, 1.82) is 0 Å². The van der Waals surface area contributed by atoms with Crippen LogP contribution in [0.3, 0.4) is 0 Å². The van der Waals surface area contributed by atoms with E-state index >= 15 is 0 Å². The molecule has 0 aliphatic rings. The van der Waals surface area contributed by atoms with Crippen LogP contribution in [-0.4, -0.2) is 33.9 Å². The second-order valence-electron chi connectivity index (χ2n) is 6.97. The number of H-pyrrole nitrogens is 1. The van der Waals surface area contributed by atoms with Crippen LogP contribution in [0.2, 0.25) is 0 Å². The summed E-state index contributed by atoms with van der Waals surface area (Å²) in [7, 11) is 0. The van der Waals surface area contributed by atoms with E-state index < -0.39 is 0 Å². The van der Waals surface area contributed by atoms with E-state index in [4.69, 9.17) is 14.7 Å². The second-order valence-corrected chi connectivity index (χ2v) is 7.89. The quantitative estimate of drug-likeness (QED) is 0.323. The Bertz CT molecular complexity index is 1190. The lowest BCUT2D eigenvalue weighted by Gasteiger charge is -2.09.